The van der Waals surface area contributed by atoms with E-state index >= 15 is 0 Å². The van der Waals surface area contributed by atoms with Gasteiger partial charge in [-0.25, -0.2) is 4.39 Å². The van der Waals surface area contributed by atoms with Crippen LogP contribution in [0.25, 0.3) is 0 Å². The van der Waals surface area contributed by atoms with Gasteiger partial charge in [0.05, 0.1) is 23.7 Å². The Kier molecular flexibility index (Phi) is 7.40. The summed E-state index contributed by atoms with van der Waals surface area (Å²) in [4.78, 5) is 40.3. The van der Waals surface area contributed by atoms with Crippen molar-refractivity contribution in [3.05, 3.63) is 35.1 Å². The molecule has 0 aliphatic carbocycles. The van der Waals surface area contributed by atoms with Crippen LogP contribution >= 0.6 is 0 Å². The van der Waals surface area contributed by atoms with Gasteiger partial charge in [-0.05, 0) is 44.7 Å². The van der Waals surface area contributed by atoms with Crippen LogP contribution in [-0.2, 0) is 20.5 Å². The fraction of sp³-hybridized carbons (Fsp3) is 0.591. The number of carbonyl (C=O) groups excluding carboxylic acids is 3. The van der Waals surface area contributed by atoms with Gasteiger partial charge in [0.15, 0.2) is 0 Å². The van der Waals surface area contributed by atoms with Crippen LogP contribution < -0.4 is 0 Å². The van der Waals surface area contributed by atoms with Crippen LogP contribution in [-0.4, -0.2) is 60.4 Å². The highest BCUT2D eigenvalue weighted by atomic mass is 19.4. The summed E-state index contributed by atoms with van der Waals surface area (Å²) in [6, 6.07) is 2.65. The molecule has 1 aromatic rings. The van der Waals surface area contributed by atoms with E-state index in [1.54, 1.807) is 11.8 Å². The average Bonchev–Trinajstić information content (AvgIpc) is 2.78. The van der Waals surface area contributed by atoms with Crippen molar-refractivity contribution < 1.29 is 36.7 Å². The van der Waals surface area contributed by atoms with Crippen LogP contribution in [0.4, 0.5) is 17.6 Å². The maximum absolute atomic E-state index is 14.3. The number of rotatable bonds is 4. The smallest absolute Gasteiger partial charge is 0.419 e. The lowest BCUT2D eigenvalue weighted by molar-refractivity contribution is -0.152. The molecule has 3 rings (SSSR count). The van der Waals surface area contributed by atoms with Crippen LogP contribution in [0.1, 0.15) is 48.5 Å². The number of piperidine rings is 2. The van der Waals surface area contributed by atoms with Crippen molar-refractivity contribution in [1.82, 2.24) is 9.80 Å². The number of amides is 2. The van der Waals surface area contributed by atoms with E-state index in [4.69, 9.17) is 4.74 Å². The van der Waals surface area contributed by atoms with Crippen LogP contribution in [0.5, 0.6) is 0 Å². The highest BCUT2D eigenvalue weighted by Gasteiger charge is 2.38. The Morgan fingerprint density at radius 3 is 2.09 bits per heavy atom. The van der Waals surface area contributed by atoms with Gasteiger partial charge in [-0.1, -0.05) is 6.07 Å². The van der Waals surface area contributed by atoms with E-state index < -0.39 is 29.0 Å². The molecule has 2 heterocycles. The van der Waals surface area contributed by atoms with Gasteiger partial charge < -0.3 is 14.5 Å². The number of carbonyl (C=O) groups is 3. The minimum Gasteiger partial charge on any atom is -0.466 e. The Balaban J connectivity index is 1.55. The molecule has 0 spiro atoms. The van der Waals surface area contributed by atoms with Gasteiger partial charge in [0.1, 0.15) is 5.82 Å². The fourth-order valence-electron chi connectivity index (χ4n) is 4.27. The van der Waals surface area contributed by atoms with Gasteiger partial charge in [0.25, 0.3) is 5.91 Å². The van der Waals surface area contributed by atoms with E-state index in [-0.39, 0.29) is 36.8 Å². The summed E-state index contributed by atoms with van der Waals surface area (Å²) < 4.78 is 58.1. The van der Waals surface area contributed by atoms with Gasteiger partial charge >= 0.3 is 12.1 Å². The number of likely N-dealkylation sites (tertiary alicyclic amines) is 2. The first-order valence-electron chi connectivity index (χ1n) is 10.7. The molecule has 2 aliphatic rings. The second-order valence-electron chi connectivity index (χ2n) is 8.08. The third-order valence-electron chi connectivity index (χ3n) is 6.09. The van der Waals surface area contributed by atoms with Gasteiger partial charge in [-0.15, -0.1) is 0 Å². The summed E-state index contributed by atoms with van der Waals surface area (Å²) in [5.41, 5.74) is -2.09. The van der Waals surface area contributed by atoms with Crippen molar-refractivity contribution in [2.75, 3.05) is 32.8 Å². The van der Waals surface area contributed by atoms with Crippen molar-refractivity contribution >= 4 is 17.8 Å². The van der Waals surface area contributed by atoms with Crippen molar-refractivity contribution in [3.63, 3.8) is 0 Å². The SMILES string of the molecule is CCOC(=O)C1CCN(C(=O)C2CCN(C(=O)c3cccc(C(F)(F)F)c3F)CC2)CC1. The number of halogens is 4. The molecule has 2 aliphatic heterocycles. The maximum atomic E-state index is 14.3. The zero-order valence-corrected chi connectivity index (χ0v) is 17.8. The predicted octanol–water partition coefficient (Wildman–Crippen LogP) is 3.50. The molecule has 2 saturated heterocycles. The standard InChI is InChI=1S/C22H26F4N2O4/c1-2-32-21(31)15-8-12-27(13-9-15)19(29)14-6-10-28(11-7-14)20(30)16-4-3-5-17(18(16)23)22(24,25)26/h3-5,14-15H,2,6-13H2,1H3. The summed E-state index contributed by atoms with van der Waals surface area (Å²) in [5.74, 6) is -3.20. The van der Waals surface area contributed by atoms with Gasteiger partial charge in [-0.3, -0.25) is 14.4 Å². The number of esters is 1. The fourth-order valence-corrected chi connectivity index (χ4v) is 4.27. The molecule has 0 unspecified atom stereocenters. The van der Waals surface area contributed by atoms with Crippen LogP contribution in [0.2, 0.25) is 0 Å². The van der Waals surface area contributed by atoms with Crippen LogP contribution in [0, 0.1) is 17.7 Å². The van der Waals surface area contributed by atoms with Gasteiger partial charge in [0, 0.05) is 32.1 Å². The predicted molar refractivity (Wildman–Crippen MR) is 106 cm³/mol. The molecule has 32 heavy (non-hydrogen) atoms. The normalized spacial score (nSPS) is 18.5. The van der Waals surface area contributed by atoms with Crippen molar-refractivity contribution in [3.8, 4) is 0 Å². The van der Waals surface area contributed by atoms with E-state index in [0.29, 0.717) is 51.4 Å². The molecule has 10 heteroatoms. The minimum absolute atomic E-state index is 0.0512. The zero-order chi connectivity index (χ0) is 23.5. The molecule has 6 nitrogen and oxygen atoms in total. The average molecular weight is 458 g/mol. The Bertz CT molecular complexity index is 858. The summed E-state index contributed by atoms with van der Waals surface area (Å²) in [5, 5.41) is 0. The molecular formula is C22H26F4N2O4. The van der Waals surface area contributed by atoms with Crippen molar-refractivity contribution in [1.29, 1.82) is 0 Å². The quantitative estimate of drug-likeness (QED) is 0.512. The number of alkyl halides is 3. The summed E-state index contributed by atoms with van der Waals surface area (Å²) in [6.07, 6.45) is -3.11. The zero-order valence-electron chi connectivity index (χ0n) is 17.8. The van der Waals surface area contributed by atoms with E-state index in [0.717, 1.165) is 12.1 Å². The third kappa shape index (κ3) is 5.21. The lowest BCUT2D eigenvalue weighted by Crippen LogP contribution is -2.47. The Morgan fingerprint density at radius 2 is 1.53 bits per heavy atom. The maximum Gasteiger partial charge on any atom is 0.419 e. The number of hydrogen-bond donors (Lipinski definition) is 0. The first-order chi connectivity index (χ1) is 15.1. The Morgan fingerprint density at radius 1 is 0.969 bits per heavy atom. The van der Waals surface area contributed by atoms with Crippen LogP contribution in [0.3, 0.4) is 0 Å². The molecule has 176 valence electrons. The molecule has 0 bridgehead atoms. The number of hydrogen-bond acceptors (Lipinski definition) is 4. The van der Waals surface area contributed by atoms with Crippen molar-refractivity contribution in [2.24, 2.45) is 11.8 Å². The van der Waals surface area contributed by atoms with E-state index in [9.17, 15) is 31.9 Å². The van der Waals surface area contributed by atoms with Crippen LogP contribution in [0.15, 0.2) is 18.2 Å². The second kappa shape index (κ2) is 9.87. The molecular weight excluding hydrogens is 432 g/mol. The monoisotopic (exact) mass is 458 g/mol. The highest BCUT2D eigenvalue weighted by molar-refractivity contribution is 5.95. The molecule has 0 N–H and O–H groups in total. The van der Waals surface area contributed by atoms with Gasteiger partial charge in [-0.2, -0.15) is 13.2 Å². The Labute approximate surface area is 183 Å². The molecule has 2 fully saturated rings. The second-order valence-corrected chi connectivity index (χ2v) is 8.08. The van der Waals surface area contributed by atoms with E-state index in [2.05, 4.69) is 0 Å². The lowest BCUT2D eigenvalue weighted by atomic mass is 9.91. The summed E-state index contributed by atoms with van der Waals surface area (Å²) >= 11 is 0. The topological polar surface area (TPSA) is 66.9 Å². The van der Waals surface area contributed by atoms with Gasteiger partial charge in [0.2, 0.25) is 5.91 Å². The molecule has 1 aromatic carbocycles. The number of ether oxygens (including phenoxy) is 1. The molecule has 0 radical (unpaired) electrons. The molecule has 0 saturated carbocycles. The molecule has 2 amide bonds. The lowest BCUT2D eigenvalue weighted by Gasteiger charge is -2.37. The summed E-state index contributed by atoms with van der Waals surface area (Å²) in [7, 11) is 0. The van der Waals surface area contributed by atoms with Crippen molar-refractivity contribution in [2.45, 2.75) is 38.8 Å². The molecule has 0 atom stereocenters. The third-order valence-corrected chi connectivity index (χ3v) is 6.09. The number of nitrogens with zero attached hydrogens (tertiary/aromatic N) is 2. The highest BCUT2D eigenvalue weighted by Crippen LogP contribution is 2.33. The first kappa shape index (κ1) is 24.0. The summed E-state index contributed by atoms with van der Waals surface area (Å²) in [6.45, 7) is 3.29. The largest absolute Gasteiger partial charge is 0.466 e. The van der Waals surface area contributed by atoms with E-state index in [1.807, 2.05) is 0 Å². The first-order valence-corrected chi connectivity index (χ1v) is 10.7. The molecule has 0 aromatic heterocycles. The van der Waals surface area contributed by atoms with E-state index in [1.165, 1.54) is 4.90 Å². The Hall–Kier alpha value is -2.65. The number of benzene rings is 1. The minimum atomic E-state index is -4.89.